The largest absolute Gasteiger partial charge is 0.411 e. The van der Waals surface area contributed by atoms with Gasteiger partial charge in [-0.25, -0.2) is 0 Å². The lowest BCUT2D eigenvalue weighted by Gasteiger charge is -2.28. The maximum atomic E-state index is 9.18. The van der Waals surface area contributed by atoms with E-state index in [0.29, 0.717) is 0 Å². The minimum atomic E-state index is -3.57. The van der Waals surface area contributed by atoms with E-state index in [1.165, 1.54) is 0 Å². The van der Waals surface area contributed by atoms with Crippen LogP contribution in [0.4, 0.5) is 0 Å². The molecule has 0 rings (SSSR count). The predicted molar refractivity (Wildman–Crippen MR) is 48.7 cm³/mol. The van der Waals surface area contributed by atoms with Crippen molar-refractivity contribution in [3.8, 4) is 0 Å². The summed E-state index contributed by atoms with van der Waals surface area (Å²) in [6.07, 6.45) is -7.59. The summed E-state index contributed by atoms with van der Waals surface area (Å²) in [7, 11) is -3.57. The molecule has 15 heavy (non-hydrogen) atoms. The highest BCUT2D eigenvalue weighted by atomic mass is 28.3. The molecule has 0 aliphatic heterocycles. The molecule has 0 fully saturated rings. The van der Waals surface area contributed by atoms with Gasteiger partial charge in [0.2, 0.25) is 0 Å². The van der Waals surface area contributed by atoms with Gasteiger partial charge in [0.1, 0.15) is 30.1 Å². The molecule has 0 amide bonds. The summed E-state index contributed by atoms with van der Waals surface area (Å²) in [4.78, 5) is 17.2. The first-order chi connectivity index (χ1) is 6.82. The topological polar surface area (TPSA) is 162 Å². The number of aliphatic hydroxyl groups is 6. The zero-order valence-electron chi connectivity index (χ0n) is 7.75. The third-order valence-corrected chi connectivity index (χ3v) is 2.94. The molecule has 8 N–H and O–H groups in total. The van der Waals surface area contributed by atoms with Crippen LogP contribution in [-0.2, 0) is 0 Å². The van der Waals surface area contributed by atoms with Crippen LogP contribution in [0.3, 0.4) is 0 Å². The Morgan fingerprint density at radius 3 is 1.60 bits per heavy atom. The van der Waals surface area contributed by atoms with Gasteiger partial charge < -0.3 is 40.2 Å². The van der Waals surface area contributed by atoms with E-state index in [1.807, 2.05) is 0 Å². The Kier molecular flexibility index (Phi) is 6.43. The van der Waals surface area contributed by atoms with E-state index in [-0.39, 0.29) is 0 Å². The van der Waals surface area contributed by atoms with E-state index < -0.39 is 46.0 Å². The Labute approximate surface area is 87.1 Å². The van der Waals surface area contributed by atoms with Crippen molar-refractivity contribution >= 4 is 9.28 Å². The monoisotopic (exact) mass is 244 g/mol. The maximum absolute atomic E-state index is 9.18. The third-order valence-electron chi connectivity index (χ3n) is 1.94. The zero-order valence-corrected chi connectivity index (χ0v) is 8.90. The van der Waals surface area contributed by atoms with Gasteiger partial charge in [0.15, 0.2) is 0 Å². The van der Waals surface area contributed by atoms with Crippen molar-refractivity contribution in [1.82, 2.24) is 0 Å². The number of rotatable bonds is 6. The molecule has 0 aliphatic rings. The van der Waals surface area contributed by atoms with Crippen molar-refractivity contribution in [3.05, 3.63) is 0 Å². The fraction of sp³-hybridized carbons (Fsp3) is 1.00. The van der Waals surface area contributed by atoms with Crippen LogP contribution in [0.1, 0.15) is 0 Å². The fourth-order valence-electron chi connectivity index (χ4n) is 0.916. The molecule has 92 valence electrons. The van der Waals surface area contributed by atoms with Gasteiger partial charge in [-0.15, -0.1) is 0 Å². The summed E-state index contributed by atoms with van der Waals surface area (Å²) in [6, 6.07) is 0. The molecule has 0 saturated carbocycles. The SMILES string of the molecule is OC[C@@H](O)[C@@H](O)[C@H](O)[C@@H](O)C(O)[SiH](O)O. The average Bonchev–Trinajstić information content (AvgIpc) is 2.23. The van der Waals surface area contributed by atoms with Gasteiger partial charge in [0.05, 0.1) is 6.61 Å². The molecule has 0 aliphatic carbocycles. The molecule has 9 heteroatoms. The van der Waals surface area contributed by atoms with Crippen LogP contribution >= 0.6 is 0 Å². The quantitative estimate of drug-likeness (QED) is 0.215. The fourth-order valence-corrected chi connectivity index (χ4v) is 1.50. The van der Waals surface area contributed by atoms with Crippen molar-refractivity contribution in [1.29, 1.82) is 0 Å². The molecule has 8 nitrogen and oxygen atoms in total. The highest BCUT2D eigenvalue weighted by molar-refractivity contribution is 6.42. The third kappa shape index (κ3) is 4.10. The van der Waals surface area contributed by atoms with Crippen molar-refractivity contribution in [2.75, 3.05) is 6.61 Å². The van der Waals surface area contributed by atoms with Crippen molar-refractivity contribution in [2.45, 2.75) is 30.1 Å². The first-order valence-electron chi connectivity index (χ1n) is 4.20. The summed E-state index contributed by atoms with van der Waals surface area (Å²) in [5.41, 5.74) is -1.96. The van der Waals surface area contributed by atoms with E-state index in [1.54, 1.807) is 0 Å². The number of hydrogen-bond donors (Lipinski definition) is 8. The normalized spacial score (nSPS) is 22.2. The van der Waals surface area contributed by atoms with Crippen LogP contribution in [0.5, 0.6) is 0 Å². The summed E-state index contributed by atoms with van der Waals surface area (Å²) in [6.45, 7) is -0.847. The van der Waals surface area contributed by atoms with Gasteiger partial charge in [0, 0.05) is 0 Å². The van der Waals surface area contributed by atoms with Crippen molar-refractivity contribution < 1.29 is 40.2 Å². The van der Waals surface area contributed by atoms with Crippen LogP contribution in [0, 0.1) is 0 Å². The molecular formula is C6H16O8Si. The van der Waals surface area contributed by atoms with Gasteiger partial charge in [0.25, 0.3) is 0 Å². The zero-order chi connectivity index (χ0) is 12.2. The second-order valence-electron chi connectivity index (χ2n) is 3.13. The van der Waals surface area contributed by atoms with E-state index in [2.05, 4.69) is 0 Å². The average molecular weight is 244 g/mol. The van der Waals surface area contributed by atoms with Gasteiger partial charge in [-0.1, -0.05) is 0 Å². The van der Waals surface area contributed by atoms with Crippen molar-refractivity contribution in [3.63, 3.8) is 0 Å². The van der Waals surface area contributed by atoms with E-state index in [4.69, 9.17) is 35.1 Å². The summed E-state index contributed by atoms with van der Waals surface area (Å²) < 4.78 is 0. The van der Waals surface area contributed by atoms with Gasteiger partial charge in [-0.05, 0) is 0 Å². The lowest BCUT2D eigenvalue weighted by Crippen LogP contribution is -2.54. The van der Waals surface area contributed by atoms with Crippen LogP contribution in [0.25, 0.3) is 0 Å². The molecule has 0 radical (unpaired) electrons. The summed E-state index contributed by atoms with van der Waals surface area (Å²) in [5.74, 6) is 0. The number of hydrogen-bond acceptors (Lipinski definition) is 8. The van der Waals surface area contributed by atoms with Crippen LogP contribution < -0.4 is 0 Å². The highest BCUT2D eigenvalue weighted by Crippen LogP contribution is 2.08. The second kappa shape index (κ2) is 6.47. The van der Waals surface area contributed by atoms with E-state index in [9.17, 15) is 5.11 Å². The lowest BCUT2D eigenvalue weighted by molar-refractivity contribution is -0.132. The van der Waals surface area contributed by atoms with Crippen LogP contribution in [0.2, 0.25) is 0 Å². The standard InChI is InChI=1S/C6H16O8Si/c7-1-2(8)3(9)4(10)5(11)6(12)15(13)14/h2-15H,1H2/t2-,3-,4+,5-,6?/m1/s1. The molecule has 0 bridgehead atoms. The molecule has 1 unspecified atom stereocenters. The number of aliphatic hydroxyl groups excluding tert-OH is 6. The molecular weight excluding hydrogens is 228 g/mol. The molecule has 5 atom stereocenters. The Hall–Kier alpha value is -0.103. The molecule has 0 aromatic rings. The van der Waals surface area contributed by atoms with Gasteiger partial charge >= 0.3 is 9.28 Å². The Morgan fingerprint density at radius 1 is 0.800 bits per heavy atom. The highest BCUT2D eigenvalue weighted by Gasteiger charge is 2.37. The molecule has 0 saturated heterocycles. The lowest BCUT2D eigenvalue weighted by atomic mass is 10.0. The summed E-state index contributed by atoms with van der Waals surface area (Å²) >= 11 is 0. The Balaban J connectivity index is 4.36. The molecule has 0 heterocycles. The second-order valence-corrected chi connectivity index (χ2v) is 4.64. The van der Waals surface area contributed by atoms with E-state index in [0.717, 1.165) is 0 Å². The molecule has 0 aromatic carbocycles. The van der Waals surface area contributed by atoms with Gasteiger partial charge in [-0.3, -0.25) is 0 Å². The van der Waals surface area contributed by atoms with Crippen LogP contribution in [0.15, 0.2) is 0 Å². The van der Waals surface area contributed by atoms with E-state index >= 15 is 0 Å². The first kappa shape index (κ1) is 14.9. The Bertz CT molecular complexity index is 179. The maximum Gasteiger partial charge on any atom is 0.348 e. The minimum absolute atomic E-state index is 0.847. The predicted octanol–water partition coefficient (Wildman–Crippen LogP) is -5.47. The van der Waals surface area contributed by atoms with Crippen molar-refractivity contribution in [2.24, 2.45) is 0 Å². The van der Waals surface area contributed by atoms with Gasteiger partial charge in [-0.2, -0.15) is 0 Å². The minimum Gasteiger partial charge on any atom is -0.411 e. The molecule has 0 spiro atoms. The smallest absolute Gasteiger partial charge is 0.348 e. The van der Waals surface area contributed by atoms with Crippen LogP contribution in [-0.4, -0.2) is 86.3 Å². The summed E-state index contributed by atoms with van der Waals surface area (Å²) in [5, 5.41) is 53.7. The Morgan fingerprint density at radius 2 is 1.27 bits per heavy atom. The first-order valence-corrected chi connectivity index (χ1v) is 5.90. The molecule has 0 aromatic heterocycles.